The third-order valence-corrected chi connectivity index (χ3v) is 5.71. The Hall–Kier alpha value is -3.19. The third-order valence-electron chi connectivity index (χ3n) is 5.71. The van der Waals surface area contributed by atoms with Gasteiger partial charge in [0, 0.05) is 17.7 Å². The minimum atomic E-state index is 0.348. The normalized spacial score (nSPS) is 12.0. The van der Waals surface area contributed by atoms with Gasteiger partial charge in [-0.2, -0.15) is 0 Å². The molecule has 1 atom stereocenters. The number of aryl methyl sites for hydroxylation is 3. The molecule has 29 heavy (non-hydrogen) atoms. The molecule has 0 aliphatic carbocycles. The first-order chi connectivity index (χ1) is 14.0. The summed E-state index contributed by atoms with van der Waals surface area (Å²) < 4.78 is 0. The maximum absolute atomic E-state index is 4.69. The van der Waals surface area contributed by atoms with Gasteiger partial charge in [0.15, 0.2) is 0 Å². The van der Waals surface area contributed by atoms with Gasteiger partial charge in [-0.05, 0) is 72.4 Å². The Morgan fingerprint density at radius 2 is 1.34 bits per heavy atom. The number of pyridine rings is 1. The summed E-state index contributed by atoms with van der Waals surface area (Å²) in [4.78, 5) is 4.69. The zero-order chi connectivity index (χ0) is 20.4. The molecule has 0 aliphatic rings. The molecule has 0 aliphatic heterocycles. The van der Waals surface area contributed by atoms with Crippen LogP contribution in [0.3, 0.4) is 0 Å². The van der Waals surface area contributed by atoms with E-state index in [-0.39, 0.29) is 0 Å². The van der Waals surface area contributed by atoms with Gasteiger partial charge >= 0.3 is 0 Å². The van der Waals surface area contributed by atoms with E-state index in [1.807, 2.05) is 6.20 Å². The minimum Gasteiger partial charge on any atom is -0.256 e. The van der Waals surface area contributed by atoms with Crippen LogP contribution in [0, 0.1) is 20.8 Å². The smallest absolute Gasteiger partial charge is 0.0708 e. The number of aromatic nitrogens is 1. The van der Waals surface area contributed by atoms with Crippen LogP contribution in [0.25, 0.3) is 22.4 Å². The lowest BCUT2D eigenvalue weighted by molar-refractivity contribution is 0.923. The molecule has 0 saturated carbocycles. The number of rotatable bonds is 4. The van der Waals surface area contributed by atoms with E-state index in [0.29, 0.717) is 5.92 Å². The summed E-state index contributed by atoms with van der Waals surface area (Å²) in [7, 11) is 0. The number of hydrogen-bond donors (Lipinski definition) is 0. The predicted molar refractivity (Wildman–Crippen MR) is 123 cm³/mol. The molecular weight excluding hydrogens is 350 g/mol. The fourth-order valence-corrected chi connectivity index (χ4v) is 4.28. The van der Waals surface area contributed by atoms with Crippen LogP contribution in [-0.2, 0) is 0 Å². The van der Waals surface area contributed by atoms with Crippen LogP contribution in [0.15, 0.2) is 85.1 Å². The van der Waals surface area contributed by atoms with E-state index in [1.54, 1.807) is 0 Å². The number of hydrogen-bond acceptors (Lipinski definition) is 1. The molecule has 1 heteroatoms. The Labute approximate surface area is 174 Å². The fraction of sp³-hybridized carbons (Fsp3) is 0.179. The van der Waals surface area contributed by atoms with E-state index in [1.165, 1.54) is 38.9 Å². The third kappa shape index (κ3) is 4.00. The van der Waals surface area contributed by atoms with Crippen LogP contribution in [-0.4, -0.2) is 4.98 Å². The maximum Gasteiger partial charge on any atom is 0.0708 e. The molecule has 144 valence electrons. The van der Waals surface area contributed by atoms with Gasteiger partial charge in [0.25, 0.3) is 0 Å². The molecule has 0 bridgehead atoms. The summed E-state index contributed by atoms with van der Waals surface area (Å²) in [5.74, 6) is 0.348. The first kappa shape index (κ1) is 19.1. The molecule has 3 aromatic carbocycles. The van der Waals surface area contributed by atoms with Crippen LogP contribution in [0.4, 0.5) is 0 Å². The molecule has 0 spiro atoms. The summed E-state index contributed by atoms with van der Waals surface area (Å²) in [5, 5.41) is 0. The van der Waals surface area contributed by atoms with Crippen molar-refractivity contribution in [2.24, 2.45) is 0 Å². The van der Waals surface area contributed by atoms with Crippen molar-refractivity contribution in [1.29, 1.82) is 0 Å². The zero-order valence-corrected chi connectivity index (χ0v) is 17.6. The van der Waals surface area contributed by atoms with Gasteiger partial charge in [-0.1, -0.05) is 73.2 Å². The van der Waals surface area contributed by atoms with Crippen LogP contribution in [0.5, 0.6) is 0 Å². The Morgan fingerprint density at radius 3 is 2.07 bits per heavy atom. The Bertz CT molecular complexity index is 1120. The van der Waals surface area contributed by atoms with Gasteiger partial charge in [-0.3, -0.25) is 4.98 Å². The Kier molecular flexibility index (Phi) is 5.31. The monoisotopic (exact) mass is 377 g/mol. The van der Waals surface area contributed by atoms with E-state index in [0.717, 1.165) is 11.3 Å². The van der Waals surface area contributed by atoms with E-state index < -0.39 is 0 Å². The molecule has 1 unspecified atom stereocenters. The SMILES string of the molecule is Cc1cc(C)c(-c2ccnc(-c3cccc(C(C)c4ccccc4)c3)c2)c(C)c1. The standard InChI is InChI=1S/C28H27N/c1-19-15-20(2)28(21(3)16-19)26-13-14-29-27(18-26)25-12-8-11-24(17-25)22(4)23-9-6-5-7-10-23/h5-18,22H,1-4H3. The van der Waals surface area contributed by atoms with Gasteiger partial charge in [-0.15, -0.1) is 0 Å². The van der Waals surface area contributed by atoms with Crippen molar-refractivity contribution >= 4 is 0 Å². The molecule has 0 saturated heterocycles. The summed E-state index contributed by atoms with van der Waals surface area (Å²) in [6.07, 6.45) is 1.93. The van der Waals surface area contributed by atoms with Crippen molar-refractivity contribution in [3.63, 3.8) is 0 Å². The number of nitrogens with zero attached hydrogens (tertiary/aromatic N) is 1. The van der Waals surface area contributed by atoms with E-state index in [9.17, 15) is 0 Å². The second-order valence-corrected chi connectivity index (χ2v) is 7.96. The van der Waals surface area contributed by atoms with E-state index in [2.05, 4.69) is 112 Å². The van der Waals surface area contributed by atoms with Crippen molar-refractivity contribution < 1.29 is 0 Å². The lowest BCUT2D eigenvalue weighted by atomic mass is 9.91. The highest BCUT2D eigenvalue weighted by molar-refractivity contribution is 5.75. The van der Waals surface area contributed by atoms with Gasteiger partial charge in [-0.25, -0.2) is 0 Å². The van der Waals surface area contributed by atoms with Crippen molar-refractivity contribution in [3.8, 4) is 22.4 Å². The Balaban J connectivity index is 1.73. The second kappa shape index (κ2) is 8.05. The van der Waals surface area contributed by atoms with Gasteiger partial charge in [0.2, 0.25) is 0 Å². The number of benzene rings is 3. The molecular formula is C28H27N. The fourth-order valence-electron chi connectivity index (χ4n) is 4.28. The summed E-state index contributed by atoms with van der Waals surface area (Å²) in [5.41, 5.74) is 11.3. The molecule has 4 aromatic rings. The molecule has 0 radical (unpaired) electrons. The average Bonchev–Trinajstić information content (AvgIpc) is 2.73. The van der Waals surface area contributed by atoms with Crippen molar-refractivity contribution in [2.75, 3.05) is 0 Å². The van der Waals surface area contributed by atoms with Crippen LogP contribution >= 0.6 is 0 Å². The molecule has 4 rings (SSSR count). The van der Waals surface area contributed by atoms with Crippen LogP contribution < -0.4 is 0 Å². The maximum atomic E-state index is 4.69. The molecule has 1 heterocycles. The predicted octanol–water partition coefficient (Wildman–Crippen LogP) is 7.49. The average molecular weight is 378 g/mol. The van der Waals surface area contributed by atoms with Crippen molar-refractivity contribution in [2.45, 2.75) is 33.6 Å². The lowest BCUT2D eigenvalue weighted by Gasteiger charge is -2.15. The van der Waals surface area contributed by atoms with Crippen molar-refractivity contribution in [3.05, 3.63) is 113 Å². The molecule has 1 aromatic heterocycles. The van der Waals surface area contributed by atoms with Gasteiger partial charge in [0.05, 0.1) is 5.69 Å². The second-order valence-electron chi connectivity index (χ2n) is 7.96. The topological polar surface area (TPSA) is 12.9 Å². The highest BCUT2D eigenvalue weighted by Gasteiger charge is 2.12. The molecule has 0 amide bonds. The quantitative estimate of drug-likeness (QED) is 0.359. The molecule has 1 nitrogen and oxygen atoms in total. The highest BCUT2D eigenvalue weighted by atomic mass is 14.7. The molecule has 0 N–H and O–H groups in total. The van der Waals surface area contributed by atoms with E-state index in [4.69, 9.17) is 0 Å². The van der Waals surface area contributed by atoms with Gasteiger partial charge < -0.3 is 0 Å². The molecule has 0 fully saturated rings. The van der Waals surface area contributed by atoms with Crippen LogP contribution in [0.1, 0.15) is 40.7 Å². The minimum absolute atomic E-state index is 0.348. The largest absolute Gasteiger partial charge is 0.256 e. The first-order valence-electron chi connectivity index (χ1n) is 10.2. The lowest BCUT2D eigenvalue weighted by Crippen LogP contribution is -1.96. The first-order valence-corrected chi connectivity index (χ1v) is 10.2. The van der Waals surface area contributed by atoms with Crippen LogP contribution in [0.2, 0.25) is 0 Å². The van der Waals surface area contributed by atoms with Gasteiger partial charge in [0.1, 0.15) is 0 Å². The van der Waals surface area contributed by atoms with E-state index >= 15 is 0 Å². The van der Waals surface area contributed by atoms with Crippen molar-refractivity contribution in [1.82, 2.24) is 4.98 Å². The summed E-state index contributed by atoms with van der Waals surface area (Å²) in [6.45, 7) is 8.80. The Morgan fingerprint density at radius 1 is 0.655 bits per heavy atom. The summed E-state index contributed by atoms with van der Waals surface area (Å²) in [6, 6.07) is 28.3. The zero-order valence-electron chi connectivity index (χ0n) is 17.6. The highest BCUT2D eigenvalue weighted by Crippen LogP contribution is 2.32. The summed E-state index contributed by atoms with van der Waals surface area (Å²) >= 11 is 0.